The van der Waals surface area contributed by atoms with Gasteiger partial charge in [0.25, 0.3) is 5.91 Å². The lowest BCUT2D eigenvalue weighted by molar-refractivity contribution is 0.102. The Hall–Kier alpha value is -3.66. The maximum Gasteiger partial charge on any atom is 0.269 e. The SMILES string of the molecule is CCCc1nnsc1C(=O)Nc1ccc(Oc2cc(-n3nc(C)c(C)c3C)nc(C)n2)cc1. The molecule has 10 heteroatoms. The Morgan fingerprint density at radius 3 is 2.55 bits per heavy atom. The van der Waals surface area contributed by atoms with E-state index in [0.29, 0.717) is 33.8 Å². The van der Waals surface area contributed by atoms with Crippen LogP contribution in [-0.2, 0) is 6.42 Å². The number of anilines is 1. The summed E-state index contributed by atoms with van der Waals surface area (Å²) in [5, 5.41) is 11.5. The maximum atomic E-state index is 12.6. The van der Waals surface area contributed by atoms with E-state index in [-0.39, 0.29) is 5.91 Å². The van der Waals surface area contributed by atoms with E-state index in [1.165, 1.54) is 0 Å². The first-order valence-corrected chi connectivity index (χ1v) is 11.4. The van der Waals surface area contributed by atoms with Crippen LogP contribution in [0.2, 0.25) is 0 Å². The molecule has 0 spiro atoms. The second kappa shape index (κ2) is 9.45. The summed E-state index contributed by atoms with van der Waals surface area (Å²) < 4.78 is 11.7. The minimum Gasteiger partial charge on any atom is -0.439 e. The first kappa shape index (κ1) is 22.5. The number of benzene rings is 1. The Kier molecular flexibility index (Phi) is 6.45. The zero-order valence-electron chi connectivity index (χ0n) is 19.2. The fourth-order valence-electron chi connectivity index (χ4n) is 3.33. The molecule has 3 aromatic heterocycles. The molecule has 33 heavy (non-hydrogen) atoms. The summed E-state index contributed by atoms with van der Waals surface area (Å²) in [7, 11) is 0. The summed E-state index contributed by atoms with van der Waals surface area (Å²) in [5.74, 6) is 2.03. The number of hydrogen-bond donors (Lipinski definition) is 1. The Bertz CT molecular complexity index is 1290. The number of hydrogen-bond acceptors (Lipinski definition) is 8. The van der Waals surface area contributed by atoms with Crippen molar-refractivity contribution in [2.45, 2.75) is 47.5 Å². The van der Waals surface area contributed by atoms with Crippen molar-refractivity contribution >= 4 is 23.1 Å². The zero-order chi connectivity index (χ0) is 23.5. The van der Waals surface area contributed by atoms with Gasteiger partial charge in [-0.15, -0.1) is 5.10 Å². The fourth-order valence-corrected chi connectivity index (χ4v) is 3.93. The molecule has 0 saturated heterocycles. The molecule has 3 heterocycles. The highest BCUT2D eigenvalue weighted by atomic mass is 32.1. The molecule has 170 valence electrons. The Labute approximate surface area is 196 Å². The average molecular weight is 464 g/mol. The Morgan fingerprint density at radius 1 is 1.12 bits per heavy atom. The molecule has 1 aromatic carbocycles. The van der Waals surface area contributed by atoms with E-state index in [1.54, 1.807) is 35.0 Å². The minimum atomic E-state index is -0.210. The summed E-state index contributed by atoms with van der Waals surface area (Å²) in [6.45, 7) is 9.87. The highest BCUT2D eigenvalue weighted by molar-refractivity contribution is 7.08. The first-order valence-electron chi connectivity index (χ1n) is 10.6. The monoisotopic (exact) mass is 463 g/mol. The smallest absolute Gasteiger partial charge is 0.269 e. The van der Waals surface area contributed by atoms with E-state index < -0.39 is 0 Å². The van der Waals surface area contributed by atoms with E-state index >= 15 is 0 Å². The predicted molar refractivity (Wildman–Crippen MR) is 126 cm³/mol. The summed E-state index contributed by atoms with van der Waals surface area (Å²) >= 11 is 1.11. The highest BCUT2D eigenvalue weighted by Crippen LogP contribution is 2.25. The summed E-state index contributed by atoms with van der Waals surface area (Å²) in [4.78, 5) is 22.0. The van der Waals surface area contributed by atoms with Gasteiger partial charge in [-0.05, 0) is 75.5 Å². The average Bonchev–Trinajstić information content (AvgIpc) is 3.35. The number of aromatic nitrogens is 6. The van der Waals surface area contributed by atoms with Crippen LogP contribution in [0, 0.1) is 27.7 Å². The van der Waals surface area contributed by atoms with Gasteiger partial charge in [0.15, 0.2) is 5.82 Å². The van der Waals surface area contributed by atoms with Crippen molar-refractivity contribution in [2.24, 2.45) is 0 Å². The van der Waals surface area contributed by atoms with Crippen molar-refractivity contribution in [2.75, 3.05) is 5.32 Å². The van der Waals surface area contributed by atoms with Gasteiger partial charge in [-0.1, -0.05) is 17.8 Å². The largest absolute Gasteiger partial charge is 0.439 e. The van der Waals surface area contributed by atoms with Gasteiger partial charge in [0.1, 0.15) is 16.5 Å². The molecule has 1 amide bonds. The molecule has 0 aliphatic heterocycles. The van der Waals surface area contributed by atoms with E-state index in [9.17, 15) is 4.79 Å². The van der Waals surface area contributed by atoms with Crippen LogP contribution in [0.25, 0.3) is 5.82 Å². The second-order valence-corrected chi connectivity index (χ2v) is 8.45. The van der Waals surface area contributed by atoms with Gasteiger partial charge in [0.2, 0.25) is 5.88 Å². The molecule has 1 N–H and O–H groups in total. The third kappa shape index (κ3) is 4.90. The van der Waals surface area contributed by atoms with Crippen LogP contribution in [0.15, 0.2) is 30.3 Å². The number of amides is 1. The quantitative estimate of drug-likeness (QED) is 0.421. The maximum absolute atomic E-state index is 12.6. The zero-order valence-corrected chi connectivity index (χ0v) is 20.0. The first-order chi connectivity index (χ1) is 15.9. The molecule has 0 radical (unpaired) electrons. The van der Waals surface area contributed by atoms with Gasteiger partial charge in [-0.3, -0.25) is 4.79 Å². The molecule has 0 fully saturated rings. The lowest BCUT2D eigenvalue weighted by atomic mass is 10.2. The molecule has 9 nitrogen and oxygen atoms in total. The van der Waals surface area contributed by atoms with Crippen LogP contribution in [0.1, 0.15) is 51.5 Å². The van der Waals surface area contributed by atoms with Crippen LogP contribution < -0.4 is 10.1 Å². The summed E-state index contributed by atoms with van der Waals surface area (Å²) in [5.41, 5.74) is 4.49. The summed E-state index contributed by atoms with van der Waals surface area (Å²) in [6.07, 6.45) is 1.63. The van der Waals surface area contributed by atoms with Crippen LogP contribution in [0.5, 0.6) is 11.6 Å². The third-order valence-electron chi connectivity index (χ3n) is 5.25. The van der Waals surface area contributed by atoms with Gasteiger partial charge in [0.05, 0.1) is 11.4 Å². The number of rotatable bonds is 7. The molecule has 0 unspecified atom stereocenters. The van der Waals surface area contributed by atoms with Crippen LogP contribution in [0.4, 0.5) is 5.69 Å². The minimum absolute atomic E-state index is 0.210. The van der Waals surface area contributed by atoms with Crippen molar-refractivity contribution in [3.63, 3.8) is 0 Å². The normalized spacial score (nSPS) is 10.9. The second-order valence-electron chi connectivity index (χ2n) is 7.70. The number of aryl methyl sites for hydroxylation is 3. The Balaban J connectivity index is 1.49. The van der Waals surface area contributed by atoms with Crippen molar-refractivity contribution in [1.29, 1.82) is 0 Å². The van der Waals surface area contributed by atoms with E-state index in [0.717, 1.165) is 47.0 Å². The van der Waals surface area contributed by atoms with Gasteiger partial charge in [-0.25, -0.2) is 9.67 Å². The van der Waals surface area contributed by atoms with Crippen LogP contribution in [0.3, 0.4) is 0 Å². The van der Waals surface area contributed by atoms with E-state index in [2.05, 4.69) is 30.0 Å². The van der Waals surface area contributed by atoms with E-state index in [4.69, 9.17) is 4.74 Å². The van der Waals surface area contributed by atoms with E-state index in [1.807, 2.05) is 34.6 Å². The highest BCUT2D eigenvalue weighted by Gasteiger charge is 2.16. The molecule has 0 bridgehead atoms. The topological polar surface area (TPSA) is 108 Å². The van der Waals surface area contributed by atoms with Crippen LogP contribution >= 0.6 is 11.5 Å². The lowest BCUT2D eigenvalue weighted by Crippen LogP contribution is -2.12. The lowest BCUT2D eigenvalue weighted by Gasteiger charge is -2.10. The van der Waals surface area contributed by atoms with Crippen molar-refractivity contribution in [3.05, 3.63) is 63.7 Å². The number of ether oxygens (including phenoxy) is 1. The number of carbonyl (C=O) groups excluding carboxylic acids is 1. The molecule has 0 saturated carbocycles. The summed E-state index contributed by atoms with van der Waals surface area (Å²) in [6, 6.07) is 8.87. The molecule has 0 aliphatic rings. The molecule has 4 rings (SSSR count). The molecule has 0 atom stereocenters. The van der Waals surface area contributed by atoms with Crippen molar-refractivity contribution in [3.8, 4) is 17.4 Å². The number of nitrogens with one attached hydrogen (secondary N) is 1. The van der Waals surface area contributed by atoms with Crippen molar-refractivity contribution in [1.82, 2.24) is 29.3 Å². The molecular weight excluding hydrogens is 438 g/mol. The molecule has 4 aromatic rings. The van der Waals surface area contributed by atoms with Crippen LogP contribution in [-0.4, -0.2) is 35.2 Å². The van der Waals surface area contributed by atoms with Gasteiger partial charge >= 0.3 is 0 Å². The standard InChI is InChI=1S/C23H25N7O2S/c1-6-7-19-22(33-29-27-19)23(31)26-17-8-10-18(11-9-17)32-21-12-20(24-16(5)25-21)30-15(4)13(2)14(3)28-30/h8-12H,6-7H2,1-5H3,(H,26,31). The Morgan fingerprint density at radius 2 is 1.88 bits per heavy atom. The van der Waals surface area contributed by atoms with Gasteiger partial charge in [-0.2, -0.15) is 10.1 Å². The van der Waals surface area contributed by atoms with Gasteiger partial charge < -0.3 is 10.1 Å². The fraction of sp³-hybridized carbons (Fsp3) is 0.304. The molecular formula is C23H25N7O2S. The van der Waals surface area contributed by atoms with Crippen molar-refractivity contribution < 1.29 is 9.53 Å². The third-order valence-corrected chi connectivity index (χ3v) is 6.02. The van der Waals surface area contributed by atoms with Gasteiger partial charge in [0, 0.05) is 17.4 Å². The number of carbonyl (C=O) groups is 1. The number of nitrogens with zero attached hydrogens (tertiary/aromatic N) is 6. The predicted octanol–water partition coefficient (Wildman–Crippen LogP) is 4.74. The molecule has 0 aliphatic carbocycles.